The van der Waals surface area contributed by atoms with Gasteiger partial charge >= 0.3 is 0 Å². The lowest BCUT2D eigenvalue weighted by Crippen LogP contribution is -2.43. The number of morpholine rings is 1. The zero-order valence-corrected chi connectivity index (χ0v) is 10.9. The van der Waals surface area contributed by atoms with Crippen LogP contribution in [0.3, 0.4) is 0 Å². The molecule has 0 bridgehead atoms. The summed E-state index contributed by atoms with van der Waals surface area (Å²) in [7, 11) is 4.08. The second-order valence-electron chi connectivity index (χ2n) is 4.51. The molecule has 5 heteroatoms. The van der Waals surface area contributed by atoms with Gasteiger partial charge in [-0.2, -0.15) is 0 Å². The van der Waals surface area contributed by atoms with E-state index in [-0.39, 0.29) is 0 Å². The van der Waals surface area contributed by atoms with Gasteiger partial charge in [-0.1, -0.05) is 0 Å². The number of aromatic nitrogens is 2. The molecule has 0 radical (unpaired) electrons. The fourth-order valence-corrected chi connectivity index (χ4v) is 2.33. The highest BCUT2D eigenvalue weighted by Crippen LogP contribution is 2.21. The first-order valence-corrected chi connectivity index (χ1v) is 6.18. The van der Waals surface area contributed by atoms with Crippen LogP contribution in [-0.4, -0.2) is 54.3 Å². The van der Waals surface area contributed by atoms with E-state index in [0.29, 0.717) is 6.04 Å². The number of nitrogens with one attached hydrogen (secondary N) is 1. The Morgan fingerprint density at radius 1 is 1.47 bits per heavy atom. The number of ether oxygens (including phenoxy) is 1. The van der Waals surface area contributed by atoms with Crippen molar-refractivity contribution in [1.82, 2.24) is 19.8 Å². The van der Waals surface area contributed by atoms with Crippen molar-refractivity contribution in [2.75, 3.05) is 39.9 Å². The third kappa shape index (κ3) is 2.68. The lowest BCUT2D eigenvalue weighted by atomic mass is 10.1. The maximum absolute atomic E-state index is 5.41. The number of hydrogen-bond acceptors (Lipinski definition) is 4. The SMILES string of the molecule is CNCC(c1cnc(C)n1C)N1CCOCC1. The van der Waals surface area contributed by atoms with Gasteiger partial charge in [-0.05, 0) is 14.0 Å². The summed E-state index contributed by atoms with van der Waals surface area (Å²) in [6, 6.07) is 0.384. The maximum atomic E-state index is 5.41. The van der Waals surface area contributed by atoms with Gasteiger partial charge in [0.1, 0.15) is 5.82 Å². The Morgan fingerprint density at radius 2 is 2.18 bits per heavy atom. The first kappa shape index (κ1) is 12.5. The topological polar surface area (TPSA) is 42.3 Å². The molecule has 17 heavy (non-hydrogen) atoms. The van der Waals surface area contributed by atoms with Crippen LogP contribution in [0.5, 0.6) is 0 Å². The Balaban J connectivity index is 2.18. The molecule has 1 aliphatic heterocycles. The van der Waals surface area contributed by atoms with Crippen molar-refractivity contribution in [3.05, 3.63) is 17.7 Å². The average molecular weight is 238 g/mol. The molecular formula is C12H22N4O. The molecule has 1 aliphatic rings. The monoisotopic (exact) mass is 238 g/mol. The number of hydrogen-bond donors (Lipinski definition) is 1. The Bertz CT molecular complexity index is 357. The van der Waals surface area contributed by atoms with Crippen molar-refractivity contribution in [3.63, 3.8) is 0 Å². The summed E-state index contributed by atoms with van der Waals surface area (Å²) in [6.45, 7) is 6.64. The second kappa shape index (κ2) is 5.62. The van der Waals surface area contributed by atoms with Crippen LogP contribution in [-0.2, 0) is 11.8 Å². The molecule has 2 heterocycles. The standard InChI is InChI=1S/C12H22N4O/c1-10-14-9-11(15(10)3)12(8-13-2)16-4-6-17-7-5-16/h9,12-13H,4-8H2,1-3H3. The van der Waals surface area contributed by atoms with E-state index in [0.717, 1.165) is 38.7 Å². The van der Waals surface area contributed by atoms with Gasteiger partial charge in [-0.25, -0.2) is 4.98 Å². The summed E-state index contributed by atoms with van der Waals surface area (Å²) in [5, 5.41) is 3.28. The zero-order chi connectivity index (χ0) is 12.3. The molecule has 1 unspecified atom stereocenters. The highest BCUT2D eigenvalue weighted by molar-refractivity contribution is 5.10. The molecule has 5 nitrogen and oxygen atoms in total. The lowest BCUT2D eigenvalue weighted by Gasteiger charge is -2.34. The Hall–Kier alpha value is -0.910. The van der Waals surface area contributed by atoms with Gasteiger partial charge in [0.05, 0.1) is 31.1 Å². The molecule has 1 fully saturated rings. The fraction of sp³-hybridized carbons (Fsp3) is 0.750. The summed E-state index contributed by atoms with van der Waals surface area (Å²) < 4.78 is 7.59. The van der Waals surface area contributed by atoms with Crippen LogP contribution in [0.2, 0.25) is 0 Å². The maximum Gasteiger partial charge on any atom is 0.105 e. The van der Waals surface area contributed by atoms with Gasteiger partial charge < -0.3 is 14.6 Å². The largest absolute Gasteiger partial charge is 0.379 e. The summed E-state index contributed by atoms with van der Waals surface area (Å²) in [5.41, 5.74) is 1.28. The van der Waals surface area contributed by atoms with Crippen LogP contribution in [0.1, 0.15) is 17.6 Å². The number of rotatable bonds is 4. The van der Waals surface area contributed by atoms with E-state index < -0.39 is 0 Å². The van der Waals surface area contributed by atoms with Crippen molar-refractivity contribution in [2.45, 2.75) is 13.0 Å². The molecule has 1 saturated heterocycles. The van der Waals surface area contributed by atoms with Gasteiger partial charge in [-0.15, -0.1) is 0 Å². The Morgan fingerprint density at radius 3 is 2.71 bits per heavy atom. The quantitative estimate of drug-likeness (QED) is 0.820. The zero-order valence-electron chi connectivity index (χ0n) is 10.9. The summed E-state index contributed by atoms with van der Waals surface area (Å²) >= 11 is 0. The molecule has 1 N–H and O–H groups in total. The Labute approximate surface area is 103 Å². The van der Waals surface area contributed by atoms with Crippen molar-refractivity contribution >= 4 is 0 Å². The molecule has 0 spiro atoms. The summed E-state index contributed by atoms with van der Waals surface area (Å²) in [6.07, 6.45) is 1.99. The van der Waals surface area contributed by atoms with Crippen molar-refractivity contribution in [3.8, 4) is 0 Å². The molecule has 1 aromatic rings. The van der Waals surface area contributed by atoms with E-state index in [1.54, 1.807) is 0 Å². The molecule has 2 rings (SSSR count). The van der Waals surface area contributed by atoms with Gasteiger partial charge in [0.2, 0.25) is 0 Å². The van der Waals surface area contributed by atoms with Gasteiger partial charge in [0.15, 0.2) is 0 Å². The number of nitrogens with zero attached hydrogens (tertiary/aromatic N) is 3. The van der Waals surface area contributed by atoms with Crippen molar-refractivity contribution in [1.29, 1.82) is 0 Å². The fourth-order valence-electron chi connectivity index (χ4n) is 2.33. The summed E-state index contributed by atoms with van der Waals surface area (Å²) in [4.78, 5) is 6.86. The average Bonchev–Trinajstić information content (AvgIpc) is 2.69. The third-order valence-corrected chi connectivity index (χ3v) is 3.48. The predicted molar refractivity (Wildman–Crippen MR) is 67.0 cm³/mol. The van der Waals surface area contributed by atoms with Crippen LogP contribution >= 0.6 is 0 Å². The minimum absolute atomic E-state index is 0.384. The lowest BCUT2D eigenvalue weighted by molar-refractivity contribution is 0.0151. The minimum atomic E-state index is 0.384. The highest BCUT2D eigenvalue weighted by Gasteiger charge is 2.24. The normalized spacial score (nSPS) is 19.5. The molecule has 1 atom stereocenters. The van der Waals surface area contributed by atoms with Crippen LogP contribution < -0.4 is 5.32 Å². The molecule has 0 aliphatic carbocycles. The highest BCUT2D eigenvalue weighted by atomic mass is 16.5. The van der Waals surface area contributed by atoms with E-state index in [2.05, 4.69) is 26.8 Å². The minimum Gasteiger partial charge on any atom is -0.379 e. The van der Waals surface area contributed by atoms with Crippen LogP contribution in [0.15, 0.2) is 6.20 Å². The predicted octanol–water partition coefficient (Wildman–Crippen LogP) is 0.321. The van der Waals surface area contributed by atoms with Crippen LogP contribution in [0.4, 0.5) is 0 Å². The number of likely N-dealkylation sites (N-methyl/N-ethyl adjacent to an activating group) is 1. The van der Waals surface area contributed by atoms with E-state index in [9.17, 15) is 0 Å². The molecule has 1 aromatic heterocycles. The molecule has 0 saturated carbocycles. The first-order valence-electron chi connectivity index (χ1n) is 6.18. The van der Waals surface area contributed by atoms with Gasteiger partial charge in [0, 0.05) is 26.7 Å². The van der Waals surface area contributed by atoms with E-state index in [4.69, 9.17) is 4.74 Å². The van der Waals surface area contributed by atoms with Crippen molar-refractivity contribution in [2.24, 2.45) is 7.05 Å². The number of imidazole rings is 1. The van der Waals surface area contributed by atoms with E-state index >= 15 is 0 Å². The van der Waals surface area contributed by atoms with Crippen LogP contribution in [0.25, 0.3) is 0 Å². The molecule has 96 valence electrons. The van der Waals surface area contributed by atoms with Crippen molar-refractivity contribution < 1.29 is 4.74 Å². The first-order chi connectivity index (χ1) is 8.24. The molecule has 0 aromatic carbocycles. The third-order valence-electron chi connectivity index (χ3n) is 3.48. The Kier molecular flexibility index (Phi) is 4.15. The van der Waals surface area contributed by atoms with Crippen LogP contribution in [0, 0.1) is 6.92 Å². The van der Waals surface area contributed by atoms with E-state index in [1.165, 1.54) is 5.69 Å². The second-order valence-corrected chi connectivity index (χ2v) is 4.51. The number of aryl methyl sites for hydroxylation is 1. The summed E-state index contributed by atoms with van der Waals surface area (Å²) in [5.74, 6) is 1.06. The van der Waals surface area contributed by atoms with Gasteiger partial charge in [0.25, 0.3) is 0 Å². The molecular weight excluding hydrogens is 216 g/mol. The van der Waals surface area contributed by atoms with E-state index in [1.807, 2.05) is 20.2 Å². The molecule has 0 amide bonds. The smallest absolute Gasteiger partial charge is 0.105 e. The van der Waals surface area contributed by atoms with Gasteiger partial charge in [-0.3, -0.25) is 4.90 Å².